The summed E-state index contributed by atoms with van der Waals surface area (Å²) in [6.07, 6.45) is 0. The van der Waals surface area contributed by atoms with Crippen molar-refractivity contribution in [3.63, 3.8) is 0 Å². The van der Waals surface area contributed by atoms with Gasteiger partial charge in [-0.2, -0.15) is 0 Å². The van der Waals surface area contributed by atoms with E-state index in [-0.39, 0.29) is 18.1 Å². The zero-order valence-corrected chi connectivity index (χ0v) is 12.3. The zero-order chi connectivity index (χ0) is 13.9. The van der Waals surface area contributed by atoms with Crippen LogP contribution in [0.2, 0.25) is 5.02 Å². The number of aliphatic hydroxyl groups is 1. The Bertz CT molecular complexity index is 413. The number of ether oxygens (including phenoxy) is 1. The summed E-state index contributed by atoms with van der Waals surface area (Å²) in [5, 5.41) is 13.8. The van der Waals surface area contributed by atoms with Gasteiger partial charge in [0.05, 0.1) is 25.2 Å². The highest BCUT2D eigenvalue weighted by atomic mass is 35.5. The van der Waals surface area contributed by atoms with Crippen LogP contribution in [0.5, 0.6) is 0 Å². The molecule has 0 aliphatic carbocycles. The molecule has 1 aliphatic heterocycles. The molecule has 0 amide bonds. The van der Waals surface area contributed by atoms with Crippen molar-refractivity contribution in [2.24, 2.45) is 11.3 Å². The molecule has 2 rings (SSSR count). The van der Waals surface area contributed by atoms with Crippen molar-refractivity contribution >= 4 is 11.6 Å². The highest BCUT2D eigenvalue weighted by Crippen LogP contribution is 2.31. The maximum Gasteiger partial charge on any atom is 0.0579 e. The molecule has 3 nitrogen and oxygen atoms in total. The molecule has 1 unspecified atom stereocenters. The largest absolute Gasteiger partial charge is 0.396 e. The first kappa shape index (κ1) is 14.8. The molecule has 1 aromatic carbocycles. The summed E-state index contributed by atoms with van der Waals surface area (Å²) in [7, 11) is 0. The molecule has 1 heterocycles. The van der Waals surface area contributed by atoms with Crippen molar-refractivity contribution in [3.05, 3.63) is 34.9 Å². The molecule has 106 valence electrons. The van der Waals surface area contributed by atoms with E-state index < -0.39 is 0 Å². The van der Waals surface area contributed by atoms with Crippen molar-refractivity contribution in [2.75, 3.05) is 26.4 Å². The molecular weight excluding hydrogens is 262 g/mol. The van der Waals surface area contributed by atoms with Crippen LogP contribution in [0.15, 0.2) is 24.3 Å². The Morgan fingerprint density at radius 2 is 2.05 bits per heavy atom. The van der Waals surface area contributed by atoms with Gasteiger partial charge < -0.3 is 15.2 Å². The van der Waals surface area contributed by atoms with Gasteiger partial charge in [-0.1, -0.05) is 43.6 Å². The minimum absolute atomic E-state index is 0.117. The van der Waals surface area contributed by atoms with Crippen molar-refractivity contribution in [1.82, 2.24) is 5.32 Å². The maximum absolute atomic E-state index is 9.47. The number of hydrogen-bond acceptors (Lipinski definition) is 3. The Labute approximate surface area is 119 Å². The lowest BCUT2D eigenvalue weighted by Crippen LogP contribution is -2.53. The summed E-state index contributed by atoms with van der Waals surface area (Å²) >= 11 is 6.28. The predicted octanol–water partition coefficient (Wildman–Crippen LogP) is 2.64. The van der Waals surface area contributed by atoms with Crippen molar-refractivity contribution in [1.29, 1.82) is 0 Å². The smallest absolute Gasteiger partial charge is 0.0579 e. The Morgan fingerprint density at radius 1 is 1.37 bits per heavy atom. The molecule has 1 atom stereocenters. The van der Waals surface area contributed by atoms with Gasteiger partial charge in [-0.25, -0.2) is 0 Å². The van der Waals surface area contributed by atoms with Gasteiger partial charge in [0.2, 0.25) is 0 Å². The second-order valence-electron chi connectivity index (χ2n) is 5.78. The summed E-state index contributed by atoms with van der Waals surface area (Å²) in [5.74, 6) is 0.427. The molecule has 1 aromatic rings. The van der Waals surface area contributed by atoms with Crippen molar-refractivity contribution < 1.29 is 9.84 Å². The van der Waals surface area contributed by atoms with Gasteiger partial charge in [0.1, 0.15) is 0 Å². The standard InChI is InChI=1S/C15H22ClNO2/c1-11(2)14(12-5-3-4-6-13(12)16)17-7-15(8-18)9-19-10-15/h3-6,11,14,17-18H,7-10H2,1-2H3. The lowest BCUT2D eigenvalue weighted by molar-refractivity contribution is -0.135. The maximum atomic E-state index is 9.47. The van der Waals surface area contributed by atoms with Crippen LogP contribution in [-0.4, -0.2) is 31.5 Å². The second kappa shape index (κ2) is 6.23. The second-order valence-corrected chi connectivity index (χ2v) is 6.18. The van der Waals surface area contributed by atoms with E-state index in [2.05, 4.69) is 25.2 Å². The SMILES string of the molecule is CC(C)C(NCC1(CO)COC1)c1ccccc1Cl. The van der Waals surface area contributed by atoms with E-state index in [1.54, 1.807) is 0 Å². The third-order valence-corrected chi connectivity index (χ3v) is 4.10. The van der Waals surface area contributed by atoms with E-state index in [9.17, 15) is 5.11 Å². The monoisotopic (exact) mass is 283 g/mol. The zero-order valence-electron chi connectivity index (χ0n) is 11.5. The third-order valence-electron chi connectivity index (χ3n) is 3.76. The quantitative estimate of drug-likeness (QED) is 0.843. The fraction of sp³-hybridized carbons (Fsp3) is 0.600. The number of nitrogens with one attached hydrogen (secondary N) is 1. The van der Waals surface area contributed by atoms with Crippen LogP contribution < -0.4 is 5.32 Å². The summed E-state index contributed by atoms with van der Waals surface area (Å²) < 4.78 is 5.23. The molecule has 0 aromatic heterocycles. The summed E-state index contributed by atoms with van der Waals surface area (Å²) in [4.78, 5) is 0. The van der Waals surface area contributed by atoms with Crippen LogP contribution in [0.4, 0.5) is 0 Å². The van der Waals surface area contributed by atoms with E-state index in [4.69, 9.17) is 16.3 Å². The average Bonchev–Trinajstić information content (AvgIpc) is 2.34. The molecule has 0 radical (unpaired) electrons. The number of rotatable bonds is 6. The molecule has 0 saturated carbocycles. The number of hydrogen-bond donors (Lipinski definition) is 2. The lowest BCUT2D eigenvalue weighted by Gasteiger charge is -2.41. The van der Waals surface area contributed by atoms with E-state index in [0.717, 1.165) is 17.1 Å². The average molecular weight is 284 g/mol. The van der Waals surface area contributed by atoms with Gasteiger partial charge >= 0.3 is 0 Å². The molecule has 1 saturated heterocycles. The van der Waals surface area contributed by atoms with Crippen LogP contribution in [0.3, 0.4) is 0 Å². The highest BCUT2D eigenvalue weighted by Gasteiger charge is 2.38. The van der Waals surface area contributed by atoms with Crippen LogP contribution in [0.25, 0.3) is 0 Å². The van der Waals surface area contributed by atoms with Crippen molar-refractivity contribution in [3.8, 4) is 0 Å². The lowest BCUT2D eigenvalue weighted by atomic mass is 9.85. The molecule has 19 heavy (non-hydrogen) atoms. The Balaban J connectivity index is 2.07. The molecule has 0 bridgehead atoms. The van der Waals surface area contributed by atoms with Gasteiger partial charge in [-0.05, 0) is 17.5 Å². The van der Waals surface area contributed by atoms with Crippen LogP contribution in [0.1, 0.15) is 25.5 Å². The van der Waals surface area contributed by atoms with Gasteiger partial charge in [-0.3, -0.25) is 0 Å². The van der Waals surface area contributed by atoms with Crippen LogP contribution >= 0.6 is 11.6 Å². The Morgan fingerprint density at radius 3 is 2.53 bits per heavy atom. The van der Waals surface area contributed by atoms with Gasteiger partial charge in [0.25, 0.3) is 0 Å². The predicted molar refractivity (Wildman–Crippen MR) is 77.4 cm³/mol. The van der Waals surface area contributed by atoms with Crippen molar-refractivity contribution in [2.45, 2.75) is 19.9 Å². The summed E-state index contributed by atoms with van der Waals surface area (Å²) in [5.41, 5.74) is 1.00. The normalized spacial score (nSPS) is 19.2. The van der Waals surface area contributed by atoms with Crippen LogP contribution in [-0.2, 0) is 4.74 Å². The number of halogens is 1. The minimum Gasteiger partial charge on any atom is -0.396 e. The number of benzene rings is 1. The molecular formula is C15H22ClNO2. The summed E-state index contributed by atoms with van der Waals surface area (Å²) in [6.45, 7) is 6.51. The molecule has 1 aliphatic rings. The minimum atomic E-state index is -0.117. The Hall–Kier alpha value is -0.610. The molecule has 4 heteroatoms. The first-order valence-electron chi connectivity index (χ1n) is 6.74. The first-order chi connectivity index (χ1) is 9.08. The highest BCUT2D eigenvalue weighted by molar-refractivity contribution is 6.31. The van der Waals surface area contributed by atoms with Gasteiger partial charge in [-0.15, -0.1) is 0 Å². The first-order valence-corrected chi connectivity index (χ1v) is 7.12. The van der Waals surface area contributed by atoms with Gasteiger partial charge in [0, 0.05) is 17.6 Å². The topological polar surface area (TPSA) is 41.5 Å². The number of aliphatic hydroxyl groups excluding tert-OH is 1. The van der Waals surface area contributed by atoms with E-state index in [1.807, 2.05) is 18.2 Å². The Kier molecular flexibility index (Phi) is 4.85. The fourth-order valence-corrected chi connectivity index (χ4v) is 2.65. The van der Waals surface area contributed by atoms with Crippen LogP contribution in [0, 0.1) is 11.3 Å². The van der Waals surface area contributed by atoms with Gasteiger partial charge in [0.15, 0.2) is 0 Å². The van der Waals surface area contributed by atoms with E-state index >= 15 is 0 Å². The third kappa shape index (κ3) is 3.29. The molecule has 0 spiro atoms. The van der Waals surface area contributed by atoms with E-state index in [1.165, 1.54) is 0 Å². The molecule has 2 N–H and O–H groups in total. The molecule has 1 fully saturated rings. The summed E-state index contributed by atoms with van der Waals surface area (Å²) in [6, 6.07) is 8.12. The fourth-order valence-electron chi connectivity index (χ4n) is 2.40. The van der Waals surface area contributed by atoms with E-state index in [0.29, 0.717) is 19.1 Å².